The lowest BCUT2D eigenvalue weighted by molar-refractivity contribution is -0.912. The average molecular weight is 1070 g/mol. The molecule has 7 heterocycles. The number of benzene rings is 3. The summed E-state index contributed by atoms with van der Waals surface area (Å²) < 4.78 is 59.5. The van der Waals surface area contributed by atoms with Gasteiger partial charge in [-0.1, -0.05) is 35.3 Å². The fourth-order valence-corrected chi connectivity index (χ4v) is 12.0. The van der Waals surface area contributed by atoms with Crippen LogP contribution in [0.1, 0.15) is 66.7 Å². The van der Waals surface area contributed by atoms with E-state index in [4.69, 9.17) is 61.3 Å². The second-order valence-electron chi connectivity index (χ2n) is 20.0. The van der Waals surface area contributed by atoms with Crippen molar-refractivity contribution >= 4 is 50.7 Å². The zero-order valence-electron chi connectivity index (χ0n) is 42.1. The molecule has 1 N–H and O–H groups in total. The van der Waals surface area contributed by atoms with Crippen LogP contribution < -0.4 is 18.9 Å². The van der Waals surface area contributed by atoms with Crippen LogP contribution in [0, 0.1) is 19.7 Å². The normalized spacial score (nSPS) is 22.3. The Balaban J connectivity index is 0.986. The highest BCUT2D eigenvalue weighted by molar-refractivity contribution is 7.22. The smallest absolute Gasteiger partial charge is 0.345 e. The van der Waals surface area contributed by atoms with Gasteiger partial charge in [0.25, 0.3) is 0 Å². The summed E-state index contributed by atoms with van der Waals surface area (Å²) in [5.74, 6) is 0.579. The van der Waals surface area contributed by atoms with Crippen LogP contribution in [0.25, 0.3) is 31.8 Å². The molecule has 6 aromatic rings. The SMILES string of the molecule is CC[N+]1(C)CCN(C[C@@H]2COc3ccc(OCc4ccnc(C5CCC(OC[C@@H]6COCCO6)CC5)n4)c(c3)C[C@H](C(=O)O)Oc3ncnc4sc(-c5ccc(F)cc5)c(c34)-c3c(C)c(Cl)c(c(Cl)c3C)O2)CC1. The van der Waals surface area contributed by atoms with Crippen molar-refractivity contribution in [1.29, 1.82) is 0 Å². The lowest BCUT2D eigenvalue weighted by atomic mass is 9.86. The number of aromatic nitrogens is 4. The van der Waals surface area contributed by atoms with Crippen molar-refractivity contribution in [2.45, 2.75) is 89.8 Å². The molecule has 3 fully saturated rings. The molecule has 0 radical (unpaired) electrons. The van der Waals surface area contributed by atoms with Crippen molar-refractivity contribution in [3.05, 3.63) is 105 Å². The van der Waals surface area contributed by atoms with E-state index in [9.17, 15) is 14.3 Å². The second kappa shape index (κ2) is 22.9. The van der Waals surface area contributed by atoms with Crippen LogP contribution in [0.2, 0.25) is 10.0 Å². The molecule has 0 amide bonds. The third-order valence-corrected chi connectivity index (χ3v) is 17.0. The molecule has 1 saturated carbocycles. The number of ether oxygens (including phenoxy) is 7. The summed E-state index contributed by atoms with van der Waals surface area (Å²) >= 11 is 16.1. The Morgan fingerprint density at radius 2 is 1.70 bits per heavy atom. The molecular formula is C55H62Cl2FN6O9S+. The number of hydrogen-bond acceptors (Lipinski definition) is 14. The monoisotopic (exact) mass is 1070 g/mol. The number of fused-ring (bicyclic) bond motifs is 7. The second-order valence-corrected chi connectivity index (χ2v) is 21.7. The Bertz CT molecular complexity index is 2930. The number of rotatable bonds is 12. The van der Waals surface area contributed by atoms with Gasteiger partial charge in [0.2, 0.25) is 12.0 Å². The maximum atomic E-state index is 14.5. The van der Waals surface area contributed by atoms with Crippen molar-refractivity contribution in [3.8, 4) is 44.7 Å². The van der Waals surface area contributed by atoms with Gasteiger partial charge in [-0.3, -0.25) is 4.90 Å². The fraction of sp³-hybridized carbons (Fsp3) is 0.473. The number of piperazine rings is 1. The van der Waals surface area contributed by atoms with Crippen molar-refractivity contribution in [2.24, 2.45) is 0 Å². The van der Waals surface area contributed by atoms with E-state index in [0.29, 0.717) is 114 Å². The molecule has 392 valence electrons. The van der Waals surface area contributed by atoms with E-state index in [1.165, 1.54) is 29.8 Å². The van der Waals surface area contributed by atoms with Crippen molar-refractivity contribution < 1.29 is 51.9 Å². The number of nitrogens with zero attached hydrogens (tertiary/aromatic N) is 6. The molecule has 3 aromatic heterocycles. The summed E-state index contributed by atoms with van der Waals surface area (Å²) in [5, 5.41) is 12.0. The molecule has 4 bridgehead atoms. The van der Waals surface area contributed by atoms with Gasteiger partial charge in [-0.05, 0) is 105 Å². The van der Waals surface area contributed by atoms with Crippen molar-refractivity contribution in [3.63, 3.8) is 0 Å². The molecule has 0 unspecified atom stereocenters. The van der Waals surface area contributed by atoms with E-state index in [-0.39, 0.29) is 43.6 Å². The van der Waals surface area contributed by atoms with Crippen LogP contribution >= 0.6 is 34.5 Å². The number of likely N-dealkylation sites (N-methyl/N-ethyl adjacent to an activating group) is 1. The number of halogens is 3. The Hall–Kier alpha value is -5.24. The van der Waals surface area contributed by atoms with E-state index in [1.54, 1.807) is 36.5 Å². The highest BCUT2D eigenvalue weighted by Crippen LogP contribution is 2.53. The van der Waals surface area contributed by atoms with Gasteiger partial charge >= 0.3 is 5.97 Å². The predicted molar refractivity (Wildman–Crippen MR) is 281 cm³/mol. The minimum atomic E-state index is -1.46. The number of hydrogen-bond donors (Lipinski definition) is 1. The molecular weight excluding hydrogens is 1010 g/mol. The fourth-order valence-electron chi connectivity index (χ4n) is 10.4. The van der Waals surface area contributed by atoms with Gasteiger partial charge in [0.05, 0.1) is 80.3 Å². The number of thiophene rings is 1. The number of carbonyl (C=O) groups is 1. The molecule has 15 nitrogen and oxygen atoms in total. The summed E-state index contributed by atoms with van der Waals surface area (Å²) in [7, 11) is 2.29. The first-order valence-corrected chi connectivity index (χ1v) is 27.1. The maximum absolute atomic E-state index is 14.5. The van der Waals surface area contributed by atoms with E-state index in [2.05, 4.69) is 33.8 Å². The van der Waals surface area contributed by atoms with E-state index in [0.717, 1.165) is 68.7 Å². The summed E-state index contributed by atoms with van der Waals surface area (Å²) in [4.78, 5) is 35.9. The van der Waals surface area contributed by atoms with Crippen molar-refractivity contribution in [2.75, 3.05) is 79.4 Å². The minimum Gasteiger partial charge on any atom is -0.490 e. The van der Waals surface area contributed by atoms with Crippen molar-refractivity contribution in [1.82, 2.24) is 24.8 Å². The summed E-state index contributed by atoms with van der Waals surface area (Å²) in [6, 6.07) is 13.4. The number of quaternary nitrogens is 1. The molecule has 2 saturated heterocycles. The lowest BCUT2D eigenvalue weighted by Crippen LogP contribution is -2.58. The maximum Gasteiger partial charge on any atom is 0.345 e. The molecule has 5 aliphatic rings. The Morgan fingerprint density at radius 3 is 2.42 bits per heavy atom. The minimum absolute atomic E-state index is 0.0266. The largest absolute Gasteiger partial charge is 0.490 e. The van der Waals surface area contributed by atoms with Gasteiger partial charge < -0.3 is 42.7 Å². The first kappa shape index (κ1) is 52.2. The number of carboxylic acids is 1. The zero-order chi connectivity index (χ0) is 51.5. The van der Waals surface area contributed by atoms with Crippen LogP contribution in [-0.2, 0) is 32.0 Å². The van der Waals surface area contributed by atoms with Gasteiger partial charge in [-0.25, -0.2) is 29.1 Å². The average Bonchev–Trinajstić information content (AvgIpc) is 3.81. The summed E-state index contributed by atoms with van der Waals surface area (Å²) in [6.07, 6.45) is 4.68. The van der Waals surface area contributed by atoms with Crippen LogP contribution in [0.5, 0.6) is 23.1 Å². The highest BCUT2D eigenvalue weighted by atomic mass is 35.5. The van der Waals surface area contributed by atoms with Crippen LogP contribution in [0.15, 0.2) is 61.1 Å². The molecule has 1 aliphatic carbocycles. The molecule has 0 spiro atoms. The molecule has 19 heteroatoms. The Labute approximate surface area is 444 Å². The summed E-state index contributed by atoms with van der Waals surface area (Å²) in [6.45, 7) is 13.8. The third kappa shape index (κ3) is 11.6. The predicted octanol–water partition coefficient (Wildman–Crippen LogP) is 9.91. The van der Waals surface area contributed by atoms with Gasteiger partial charge in [0.15, 0.2) is 5.75 Å². The zero-order valence-corrected chi connectivity index (χ0v) is 44.4. The molecule has 3 atom stereocenters. The Kier molecular flexibility index (Phi) is 16.2. The summed E-state index contributed by atoms with van der Waals surface area (Å²) in [5.41, 5.74) is 4.51. The van der Waals surface area contributed by atoms with Crippen LogP contribution in [0.4, 0.5) is 4.39 Å². The first-order chi connectivity index (χ1) is 35.8. The third-order valence-electron chi connectivity index (χ3n) is 15.0. The quantitative estimate of drug-likeness (QED) is 0.116. The van der Waals surface area contributed by atoms with Crippen LogP contribution in [-0.4, -0.2) is 144 Å². The standard InChI is InChI=1S/C55H61Cl2FN6O9S/c1-5-64(4)20-18-63(19-21-64)26-41-29-70-40-14-15-43(71-27-38-16-17-59-52(62-38)35-8-12-39(13-9-35)69-30-42-28-67-22-23-68-42)36(24-40)25-44(55(65)66)73-53-47-46(45-32(2)48(56)50(72-41)49(57)33(45)3)51(74-54(47)61-31-60-53)34-6-10-37(58)11-7-34/h6-7,10-11,14-17,24,31,35,39,41-42,44H,5,8-9,12-13,18-23,25-30H2,1-4H3/p+1/t35?,39?,41-,42+,44-/m1/s1. The van der Waals surface area contributed by atoms with Gasteiger partial charge in [0, 0.05) is 54.2 Å². The Morgan fingerprint density at radius 1 is 0.932 bits per heavy atom. The molecule has 4 aliphatic heterocycles. The highest BCUT2D eigenvalue weighted by Gasteiger charge is 2.34. The van der Waals surface area contributed by atoms with Gasteiger partial charge in [-0.15, -0.1) is 11.3 Å². The number of aliphatic carboxylic acids is 1. The topological polar surface area (TPSA) is 157 Å². The lowest BCUT2D eigenvalue weighted by Gasteiger charge is -2.42. The van der Waals surface area contributed by atoms with Gasteiger partial charge in [0.1, 0.15) is 59.7 Å². The molecule has 11 rings (SSSR count). The first-order valence-electron chi connectivity index (χ1n) is 25.5. The molecule has 74 heavy (non-hydrogen) atoms. The van der Waals surface area contributed by atoms with E-state index in [1.807, 2.05) is 19.9 Å². The number of carboxylic acid groups (broad SMARTS) is 1. The van der Waals surface area contributed by atoms with E-state index < -0.39 is 24.0 Å². The van der Waals surface area contributed by atoms with E-state index >= 15 is 0 Å². The van der Waals surface area contributed by atoms with Crippen LogP contribution in [0.3, 0.4) is 0 Å². The van der Waals surface area contributed by atoms with Gasteiger partial charge in [-0.2, -0.15) is 0 Å². The molecule has 3 aromatic carbocycles.